The average Bonchev–Trinajstić information content (AvgIpc) is 3.07. The number of methoxy groups -OCH3 is 1. The zero-order valence-corrected chi connectivity index (χ0v) is 19.5. The number of hydrogen-bond acceptors (Lipinski definition) is 9. The Morgan fingerprint density at radius 2 is 1.83 bits per heavy atom. The van der Waals surface area contributed by atoms with Crippen molar-refractivity contribution in [3.63, 3.8) is 0 Å². The van der Waals surface area contributed by atoms with Gasteiger partial charge in [-0.25, -0.2) is 0 Å². The number of alkyl halides is 3. The van der Waals surface area contributed by atoms with E-state index in [4.69, 9.17) is 9.47 Å². The number of thioether (sulfide) groups is 1. The van der Waals surface area contributed by atoms with Crippen molar-refractivity contribution in [2.24, 2.45) is 0 Å². The number of rotatable bonds is 8. The predicted octanol–water partition coefficient (Wildman–Crippen LogP) is 5.01. The molecule has 1 aliphatic heterocycles. The van der Waals surface area contributed by atoms with Crippen LogP contribution in [0.15, 0.2) is 41.3 Å². The lowest BCUT2D eigenvalue weighted by Gasteiger charge is -2.14. The lowest BCUT2D eigenvalue weighted by molar-refractivity contribution is -0.385. The number of esters is 1. The van der Waals surface area contributed by atoms with Crippen LogP contribution in [0, 0.1) is 10.1 Å². The van der Waals surface area contributed by atoms with Crippen LogP contribution in [0.4, 0.5) is 23.7 Å². The van der Waals surface area contributed by atoms with Gasteiger partial charge in [-0.05, 0) is 54.6 Å². The highest BCUT2D eigenvalue weighted by molar-refractivity contribution is 8.18. The fourth-order valence-corrected chi connectivity index (χ4v) is 3.83. The molecule has 1 fully saturated rings. The second kappa shape index (κ2) is 10.7. The molecule has 0 spiro atoms. The number of imide groups is 1. The van der Waals surface area contributed by atoms with Gasteiger partial charge in [0, 0.05) is 6.07 Å². The van der Waals surface area contributed by atoms with Gasteiger partial charge < -0.3 is 14.2 Å². The van der Waals surface area contributed by atoms with Crippen molar-refractivity contribution < 1.29 is 46.7 Å². The molecule has 1 heterocycles. The van der Waals surface area contributed by atoms with E-state index in [0.29, 0.717) is 29.5 Å². The van der Waals surface area contributed by atoms with E-state index >= 15 is 0 Å². The molecule has 0 saturated carbocycles. The van der Waals surface area contributed by atoms with Crippen molar-refractivity contribution in [3.05, 3.63) is 62.5 Å². The Bertz CT molecular complexity index is 1260. The molecule has 0 bridgehead atoms. The van der Waals surface area contributed by atoms with Gasteiger partial charge >= 0.3 is 17.8 Å². The van der Waals surface area contributed by atoms with E-state index in [9.17, 15) is 37.7 Å². The number of ether oxygens (including phenoxy) is 3. The summed E-state index contributed by atoms with van der Waals surface area (Å²) in [6, 6.07) is 6.07. The largest absolute Gasteiger partial charge is 0.490 e. The van der Waals surface area contributed by atoms with Crippen LogP contribution in [0.3, 0.4) is 0 Å². The number of nitrogens with zero attached hydrogens (tertiary/aromatic N) is 2. The van der Waals surface area contributed by atoms with Gasteiger partial charge in [0.05, 0.1) is 29.1 Å². The lowest BCUT2D eigenvalue weighted by atomic mass is 10.1. The Balaban J connectivity index is 1.92. The molecule has 0 atom stereocenters. The minimum absolute atomic E-state index is 0.0263. The van der Waals surface area contributed by atoms with Gasteiger partial charge in [-0.1, -0.05) is 6.07 Å². The van der Waals surface area contributed by atoms with Crippen LogP contribution in [0.25, 0.3) is 6.08 Å². The van der Waals surface area contributed by atoms with E-state index in [2.05, 4.69) is 4.74 Å². The first-order valence-electron chi connectivity index (χ1n) is 10.1. The summed E-state index contributed by atoms with van der Waals surface area (Å²) in [7, 11) is 1.12. The van der Waals surface area contributed by atoms with Crippen molar-refractivity contribution >= 4 is 40.6 Å². The third kappa shape index (κ3) is 5.94. The molecule has 0 aromatic heterocycles. The maximum Gasteiger partial charge on any atom is 0.416 e. The summed E-state index contributed by atoms with van der Waals surface area (Å²) in [6.07, 6.45) is -3.41. The average molecular weight is 526 g/mol. The molecular weight excluding hydrogens is 509 g/mol. The van der Waals surface area contributed by atoms with Gasteiger partial charge in [0.2, 0.25) is 5.75 Å². The van der Waals surface area contributed by atoms with E-state index in [1.165, 1.54) is 24.3 Å². The zero-order valence-electron chi connectivity index (χ0n) is 18.7. The van der Waals surface area contributed by atoms with E-state index in [1.807, 2.05) is 0 Å². The van der Waals surface area contributed by atoms with Crippen molar-refractivity contribution in [2.45, 2.75) is 13.1 Å². The summed E-state index contributed by atoms with van der Waals surface area (Å²) in [5, 5.41) is 10.7. The normalized spacial score (nSPS) is 14.8. The van der Waals surface area contributed by atoms with Crippen LogP contribution >= 0.6 is 11.8 Å². The third-order valence-corrected chi connectivity index (χ3v) is 5.56. The molecule has 190 valence electrons. The Morgan fingerprint density at radius 3 is 2.44 bits per heavy atom. The smallest absolute Gasteiger partial charge is 0.416 e. The minimum Gasteiger partial charge on any atom is -0.490 e. The maximum atomic E-state index is 13.0. The summed E-state index contributed by atoms with van der Waals surface area (Å²) in [5.74, 6) is -1.86. The second-order valence-corrected chi connectivity index (χ2v) is 8.02. The van der Waals surface area contributed by atoms with E-state index in [1.54, 1.807) is 6.92 Å². The second-order valence-electron chi connectivity index (χ2n) is 7.02. The monoisotopic (exact) mass is 526 g/mol. The Hall–Kier alpha value is -4.07. The van der Waals surface area contributed by atoms with E-state index < -0.39 is 51.8 Å². The van der Waals surface area contributed by atoms with Crippen LogP contribution in [-0.2, 0) is 20.5 Å². The molecule has 3 rings (SSSR count). The quantitative estimate of drug-likeness (QED) is 0.202. The van der Waals surface area contributed by atoms with Gasteiger partial charge in [0.1, 0.15) is 6.54 Å². The Morgan fingerprint density at radius 1 is 1.14 bits per heavy atom. The summed E-state index contributed by atoms with van der Waals surface area (Å²) < 4.78 is 54.4. The highest BCUT2D eigenvalue weighted by Crippen LogP contribution is 2.41. The van der Waals surface area contributed by atoms with Crippen molar-refractivity contribution in [3.8, 4) is 17.2 Å². The van der Waals surface area contributed by atoms with E-state index in [-0.39, 0.29) is 23.0 Å². The molecule has 0 unspecified atom stereocenters. The van der Waals surface area contributed by atoms with Crippen LogP contribution < -0.4 is 9.47 Å². The number of amides is 2. The molecule has 1 aliphatic rings. The van der Waals surface area contributed by atoms with Crippen LogP contribution in [0.2, 0.25) is 0 Å². The van der Waals surface area contributed by atoms with Crippen molar-refractivity contribution in [1.29, 1.82) is 0 Å². The number of nitro groups is 1. The van der Waals surface area contributed by atoms with Gasteiger partial charge in [0.15, 0.2) is 11.5 Å². The zero-order chi connectivity index (χ0) is 26.6. The molecule has 2 amide bonds. The summed E-state index contributed by atoms with van der Waals surface area (Å²) in [6.45, 7) is 1.25. The first kappa shape index (κ1) is 26.5. The van der Waals surface area contributed by atoms with Gasteiger partial charge in [0.25, 0.3) is 11.1 Å². The fraction of sp³-hybridized carbons (Fsp3) is 0.227. The Kier molecular flexibility index (Phi) is 7.87. The van der Waals surface area contributed by atoms with Crippen LogP contribution in [-0.4, -0.2) is 47.2 Å². The molecule has 1 saturated heterocycles. The molecule has 0 aliphatic carbocycles. The standard InChI is InChI=1S/C22H17F3N2O8S/c1-3-34-17-8-12(9-18-20(29)26(21(30)36-18)11-19(28)33-2)4-6-16(17)35-15-7-5-13(22(23,24)25)10-14(15)27(31)32/h4-10H,3,11H2,1-2H3/b18-9+. The minimum atomic E-state index is -4.78. The maximum absolute atomic E-state index is 13.0. The molecule has 2 aromatic rings. The molecule has 2 aromatic carbocycles. The van der Waals surface area contributed by atoms with Crippen LogP contribution in [0.5, 0.6) is 17.2 Å². The number of carbonyl (C=O) groups excluding carboxylic acids is 3. The highest BCUT2D eigenvalue weighted by atomic mass is 32.2. The number of nitro benzene ring substituents is 1. The van der Waals surface area contributed by atoms with E-state index in [0.717, 1.165) is 18.1 Å². The highest BCUT2D eigenvalue weighted by Gasteiger charge is 2.37. The molecular formula is C22H17F3N2O8S. The summed E-state index contributed by atoms with van der Waals surface area (Å²) in [4.78, 5) is 47.1. The first-order chi connectivity index (χ1) is 16.9. The molecule has 14 heteroatoms. The first-order valence-corrected chi connectivity index (χ1v) is 10.9. The Labute approximate surface area is 205 Å². The topological polar surface area (TPSA) is 125 Å². The number of carbonyl (C=O) groups is 3. The summed E-state index contributed by atoms with van der Waals surface area (Å²) in [5.41, 5.74) is -1.71. The summed E-state index contributed by atoms with van der Waals surface area (Å²) >= 11 is 0.615. The molecule has 36 heavy (non-hydrogen) atoms. The van der Waals surface area contributed by atoms with Gasteiger partial charge in [-0.3, -0.25) is 29.4 Å². The molecule has 10 nitrogen and oxygen atoms in total. The van der Waals surface area contributed by atoms with Gasteiger partial charge in [-0.15, -0.1) is 0 Å². The van der Waals surface area contributed by atoms with Crippen molar-refractivity contribution in [1.82, 2.24) is 4.90 Å². The van der Waals surface area contributed by atoms with Gasteiger partial charge in [-0.2, -0.15) is 13.2 Å². The molecule has 0 N–H and O–H groups in total. The number of hydrogen-bond donors (Lipinski definition) is 0. The lowest BCUT2D eigenvalue weighted by Crippen LogP contribution is -2.34. The van der Waals surface area contributed by atoms with Crippen molar-refractivity contribution in [2.75, 3.05) is 20.3 Å². The predicted molar refractivity (Wildman–Crippen MR) is 120 cm³/mol. The number of benzene rings is 2. The number of halogens is 3. The third-order valence-electron chi connectivity index (χ3n) is 4.66. The fourth-order valence-electron chi connectivity index (χ4n) is 2.99. The van der Waals surface area contributed by atoms with Crippen LogP contribution in [0.1, 0.15) is 18.1 Å². The molecule has 0 radical (unpaired) electrons. The SMILES string of the molecule is CCOc1cc(/C=C2/SC(=O)N(CC(=O)OC)C2=O)ccc1Oc1ccc(C(F)(F)F)cc1[N+](=O)[O-].